The molecule has 0 spiro atoms. The van der Waals surface area contributed by atoms with Gasteiger partial charge in [0.05, 0.1) is 16.6 Å². The van der Waals surface area contributed by atoms with E-state index in [2.05, 4.69) is 33.9 Å². The van der Waals surface area contributed by atoms with E-state index in [-0.39, 0.29) is 6.04 Å². The molecule has 26 heavy (non-hydrogen) atoms. The smallest absolute Gasteiger partial charge is 0.175 e. The molecule has 0 amide bonds. The Hall–Kier alpha value is -2.12. The third kappa shape index (κ3) is 4.53. The topological polar surface area (TPSA) is 83.1 Å². The van der Waals surface area contributed by atoms with Crippen molar-refractivity contribution in [1.29, 1.82) is 0 Å². The summed E-state index contributed by atoms with van der Waals surface area (Å²) >= 11 is 0. The minimum atomic E-state index is -3.14. The molecule has 140 valence electrons. The van der Waals surface area contributed by atoms with E-state index in [4.69, 9.17) is 0 Å². The zero-order valence-electron chi connectivity index (χ0n) is 15.4. The Labute approximate surface area is 155 Å². The molecule has 0 saturated heterocycles. The molecule has 0 radical (unpaired) electrons. The van der Waals surface area contributed by atoms with Crippen LogP contribution < -0.4 is 16.0 Å². The number of hydrogen-bond acceptors (Lipinski definition) is 6. The molecule has 3 N–H and O–H groups in total. The van der Waals surface area contributed by atoms with E-state index in [1.165, 1.54) is 6.26 Å². The highest BCUT2D eigenvalue weighted by Crippen LogP contribution is 2.24. The number of sulfone groups is 1. The van der Waals surface area contributed by atoms with Crippen molar-refractivity contribution in [1.82, 2.24) is 10.3 Å². The standard InChI is InChI=1S/C19H26N4O2S/c1-13-8-18-19(22-9-13)23-16(12-21-18)11-20-10-14(2)15-4-6-17(7-5-15)26(3,24)25/h4-9,14,16,20-21H,10-12H2,1-3H3,(H,22,23)/t14-,16+/m1/s1. The fraction of sp³-hybridized carbons (Fsp3) is 0.421. The van der Waals surface area contributed by atoms with Gasteiger partial charge in [-0.05, 0) is 42.2 Å². The van der Waals surface area contributed by atoms with Crippen LogP contribution in [-0.2, 0) is 9.84 Å². The number of fused-ring (bicyclic) bond motifs is 1. The molecule has 6 nitrogen and oxygen atoms in total. The van der Waals surface area contributed by atoms with Crippen LogP contribution in [0.2, 0.25) is 0 Å². The van der Waals surface area contributed by atoms with Crippen molar-refractivity contribution in [2.24, 2.45) is 0 Å². The molecule has 0 fully saturated rings. The molecule has 0 saturated carbocycles. The predicted octanol–water partition coefficient (Wildman–Crippen LogP) is 2.39. The lowest BCUT2D eigenvalue weighted by Crippen LogP contribution is -2.42. The molecule has 2 atom stereocenters. The number of aromatic nitrogens is 1. The SMILES string of the molecule is Cc1cnc2c(c1)NC[C@H](CNC[C@@H](C)c1ccc(S(C)(=O)=O)cc1)N2. The molecule has 0 bridgehead atoms. The Morgan fingerprint density at radius 3 is 2.73 bits per heavy atom. The fourth-order valence-corrected chi connectivity index (χ4v) is 3.69. The van der Waals surface area contributed by atoms with Gasteiger partial charge in [-0.1, -0.05) is 19.1 Å². The van der Waals surface area contributed by atoms with Crippen LogP contribution in [-0.4, -0.2) is 45.3 Å². The Kier molecular flexibility index (Phi) is 5.48. The van der Waals surface area contributed by atoms with Crippen molar-refractivity contribution in [2.75, 3.05) is 36.5 Å². The molecule has 2 heterocycles. The number of anilines is 2. The summed E-state index contributed by atoms with van der Waals surface area (Å²) in [4.78, 5) is 4.80. The summed E-state index contributed by atoms with van der Waals surface area (Å²) in [6, 6.07) is 9.52. The number of nitrogens with zero attached hydrogens (tertiary/aromatic N) is 1. The first kappa shape index (κ1) is 18.7. The zero-order chi connectivity index (χ0) is 18.7. The van der Waals surface area contributed by atoms with Crippen molar-refractivity contribution >= 4 is 21.3 Å². The van der Waals surface area contributed by atoms with E-state index < -0.39 is 9.84 Å². The normalized spacial score (nSPS) is 17.7. The van der Waals surface area contributed by atoms with Crippen molar-refractivity contribution < 1.29 is 8.42 Å². The largest absolute Gasteiger partial charge is 0.380 e. The first-order valence-electron chi connectivity index (χ1n) is 8.81. The average Bonchev–Trinajstić information content (AvgIpc) is 2.61. The molecule has 0 aliphatic carbocycles. The summed E-state index contributed by atoms with van der Waals surface area (Å²) in [6.07, 6.45) is 3.10. The van der Waals surface area contributed by atoms with Crippen LogP contribution in [0.4, 0.5) is 11.5 Å². The highest BCUT2D eigenvalue weighted by molar-refractivity contribution is 7.90. The van der Waals surface area contributed by atoms with Gasteiger partial charge in [0, 0.05) is 32.1 Å². The fourth-order valence-electron chi connectivity index (χ4n) is 3.06. The van der Waals surface area contributed by atoms with Gasteiger partial charge in [0.15, 0.2) is 9.84 Å². The van der Waals surface area contributed by atoms with E-state index in [1.54, 1.807) is 12.1 Å². The minimum Gasteiger partial charge on any atom is -0.380 e. The Bertz CT molecular complexity index is 866. The number of aryl methyl sites for hydroxylation is 1. The monoisotopic (exact) mass is 374 g/mol. The molecular weight excluding hydrogens is 348 g/mol. The van der Waals surface area contributed by atoms with E-state index in [0.29, 0.717) is 10.8 Å². The summed E-state index contributed by atoms with van der Waals surface area (Å²) in [6.45, 7) is 6.67. The first-order valence-corrected chi connectivity index (χ1v) is 10.7. The van der Waals surface area contributed by atoms with Crippen molar-refractivity contribution in [3.63, 3.8) is 0 Å². The summed E-state index contributed by atoms with van der Waals surface area (Å²) in [5.41, 5.74) is 3.33. The minimum absolute atomic E-state index is 0.275. The summed E-state index contributed by atoms with van der Waals surface area (Å²) in [7, 11) is -3.14. The van der Waals surface area contributed by atoms with Crippen LogP contribution >= 0.6 is 0 Å². The van der Waals surface area contributed by atoms with Crippen LogP contribution in [0.1, 0.15) is 24.0 Å². The quantitative estimate of drug-likeness (QED) is 0.720. The molecule has 2 aromatic rings. The van der Waals surface area contributed by atoms with Gasteiger partial charge in [-0.2, -0.15) is 0 Å². The molecule has 3 rings (SSSR count). The molecule has 7 heteroatoms. The maximum absolute atomic E-state index is 11.5. The maximum Gasteiger partial charge on any atom is 0.175 e. The van der Waals surface area contributed by atoms with Crippen LogP contribution in [0.5, 0.6) is 0 Å². The van der Waals surface area contributed by atoms with E-state index in [1.807, 2.05) is 25.3 Å². The van der Waals surface area contributed by atoms with E-state index in [9.17, 15) is 8.42 Å². The van der Waals surface area contributed by atoms with Gasteiger partial charge >= 0.3 is 0 Å². The number of hydrogen-bond donors (Lipinski definition) is 3. The third-order valence-corrected chi connectivity index (χ3v) is 5.75. The first-order chi connectivity index (χ1) is 12.3. The molecule has 1 aromatic heterocycles. The van der Waals surface area contributed by atoms with Crippen LogP contribution in [0.15, 0.2) is 41.4 Å². The molecule has 1 aromatic carbocycles. The number of benzene rings is 1. The Balaban J connectivity index is 1.50. The lowest BCUT2D eigenvalue weighted by Gasteiger charge is -2.28. The summed E-state index contributed by atoms with van der Waals surface area (Å²) in [5, 5.41) is 10.4. The van der Waals surface area contributed by atoms with Crippen molar-refractivity contribution in [3.05, 3.63) is 47.7 Å². The lowest BCUT2D eigenvalue weighted by atomic mass is 10.0. The second-order valence-corrected chi connectivity index (χ2v) is 9.05. The average molecular weight is 375 g/mol. The maximum atomic E-state index is 11.5. The Morgan fingerprint density at radius 2 is 2.04 bits per heavy atom. The number of rotatable bonds is 6. The molecule has 1 aliphatic rings. The molecular formula is C19H26N4O2S. The number of pyridine rings is 1. The van der Waals surface area contributed by atoms with Crippen molar-refractivity contribution in [3.8, 4) is 0 Å². The van der Waals surface area contributed by atoms with Gasteiger partial charge in [0.2, 0.25) is 0 Å². The summed E-state index contributed by atoms with van der Waals surface area (Å²) < 4.78 is 23.1. The second kappa shape index (κ2) is 7.63. The Morgan fingerprint density at radius 1 is 1.31 bits per heavy atom. The zero-order valence-corrected chi connectivity index (χ0v) is 16.2. The highest BCUT2D eigenvalue weighted by Gasteiger charge is 2.18. The van der Waals surface area contributed by atoms with Gasteiger partial charge in [-0.25, -0.2) is 13.4 Å². The molecule has 0 unspecified atom stereocenters. The van der Waals surface area contributed by atoms with Gasteiger partial charge in [-0.3, -0.25) is 0 Å². The summed E-state index contributed by atoms with van der Waals surface area (Å²) in [5.74, 6) is 1.20. The van der Waals surface area contributed by atoms with Crippen LogP contribution in [0.25, 0.3) is 0 Å². The van der Waals surface area contributed by atoms with E-state index in [0.717, 1.165) is 42.3 Å². The van der Waals surface area contributed by atoms with Gasteiger partial charge < -0.3 is 16.0 Å². The predicted molar refractivity (Wildman–Crippen MR) is 106 cm³/mol. The lowest BCUT2D eigenvalue weighted by molar-refractivity contribution is 0.571. The van der Waals surface area contributed by atoms with Crippen LogP contribution in [0, 0.1) is 6.92 Å². The van der Waals surface area contributed by atoms with Crippen molar-refractivity contribution in [2.45, 2.75) is 30.7 Å². The molecule has 1 aliphatic heterocycles. The van der Waals surface area contributed by atoms with Gasteiger partial charge in [0.25, 0.3) is 0 Å². The number of nitrogens with one attached hydrogen (secondary N) is 3. The van der Waals surface area contributed by atoms with Gasteiger partial charge in [-0.15, -0.1) is 0 Å². The van der Waals surface area contributed by atoms with Crippen LogP contribution in [0.3, 0.4) is 0 Å². The van der Waals surface area contributed by atoms with Gasteiger partial charge in [0.1, 0.15) is 5.82 Å². The highest BCUT2D eigenvalue weighted by atomic mass is 32.2. The van der Waals surface area contributed by atoms with E-state index >= 15 is 0 Å². The third-order valence-electron chi connectivity index (χ3n) is 4.62. The second-order valence-electron chi connectivity index (χ2n) is 7.03.